The van der Waals surface area contributed by atoms with Crippen LogP contribution in [0.3, 0.4) is 0 Å². The summed E-state index contributed by atoms with van der Waals surface area (Å²) < 4.78 is 6.55. The van der Waals surface area contributed by atoms with Crippen LogP contribution in [-0.2, 0) is 13.0 Å². The van der Waals surface area contributed by atoms with Crippen LogP contribution < -0.4 is 5.32 Å². The maximum absolute atomic E-state index is 5.58. The van der Waals surface area contributed by atoms with Gasteiger partial charge in [-0.05, 0) is 40.2 Å². The lowest BCUT2D eigenvalue weighted by Gasteiger charge is -2.02. The average molecular weight is 281 g/mol. The largest absolute Gasteiger partial charge is 0.464 e. The van der Waals surface area contributed by atoms with E-state index in [0.29, 0.717) is 6.54 Å². The van der Waals surface area contributed by atoms with Crippen molar-refractivity contribution >= 4 is 21.7 Å². The SMILES string of the molecule is CCc1ccc(CNc2ccc(Br)cn2)o1. The van der Waals surface area contributed by atoms with Gasteiger partial charge >= 0.3 is 0 Å². The molecule has 16 heavy (non-hydrogen) atoms. The quantitative estimate of drug-likeness (QED) is 0.930. The standard InChI is InChI=1S/C12H13BrN2O/c1-2-10-4-5-11(16-10)8-15-12-6-3-9(13)7-14-12/h3-7H,2,8H2,1H3,(H,14,15). The molecule has 2 aromatic rings. The predicted octanol–water partition coefficient (Wildman–Crippen LogP) is 3.61. The Morgan fingerprint density at radius 1 is 1.25 bits per heavy atom. The fraction of sp³-hybridized carbons (Fsp3) is 0.250. The van der Waals surface area contributed by atoms with Crippen molar-refractivity contribution in [2.75, 3.05) is 5.32 Å². The zero-order valence-corrected chi connectivity index (χ0v) is 10.6. The first-order valence-electron chi connectivity index (χ1n) is 5.21. The van der Waals surface area contributed by atoms with Gasteiger partial charge in [0.2, 0.25) is 0 Å². The summed E-state index contributed by atoms with van der Waals surface area (Å²) in [4.78, 5) is 4.22. The third kappa shape index (κ3) is 2.85. The first-order chi connectivity index (χ1) is 7.78. The minimum Gasteiger partial charge on any atom is -0.464 e. The molecule has 1 N–H and O–H groups in total. The number of anilines is 1. The van der Waals surface area contributed by atoms with Crippen molar-refractivity contribution in [2.45, 2.75) is 19.9 Å². The Balaban J connectivity index is 1.94. The second-order valence-corrected chi connectivity index (χ2v) is 4.35. The minimum absolute atomic E-state index is 0.661. The van der Waals surface area contributed by atoms with E-state index in [4.69, 9.17) is 4.42 Å². The van der Waals surface area contributed by atoms with Gasteiger partial charge in [-0.3, -0.25) is 0 Å². The van der Waals surface area contributed by atoms with Crippen LogP contribution in [0.4, 0.5) is 5.82 Å². The highest BCUT2D eigenvalue weighted by Crippen LogP contribution is 2.13. The number of aryl methyl sites for hydroxylation is 1. The van der Waals surface area contributed by atoms with E-state index in [2.05, 4.69) is 33.2 Å². The summed E-state index contributed by atoms with van der Waals surface area (Å²) in [5.41, 5.74) is 0. The molecule has 0 fully saturated rings. The van der Waals surface area contributed by atoms with E-state index in [9.17, 15) is 0 Å². The van der Waals surface area contributed by atoms with Crippen molar-refractivity contribution in [2.24, 2.45) is 0 Å². The monoisotopic (exact) mass is 280 g/mol. The second-order valence-electron chi connectivity index (χ2n) is 3.44. The Bertz CT molecular complexity index is 450. The zero-order chi connectivity index (χ0) is 11.4. The van der Waals surface area contributed by atoms with Gasteiger partial charge in [0.1, 0.15) is 17.3 Å². The van der Waals surface area contributed by atoms with Gasteiger partial charge in [-0.2, -0.15) is 0 Å². The third-order valence-electron chi connectivity index (χ3n) is 2.24. The number of hydrogen-bond acceptors (Lipinski definition) is 3. The molecule has 0 spiro atoms. The molecule has 2 aromatic heterocycles. The predicted molar refractivity (Wildman–Crippen MR) is 67.3 cm³/mol. The van der Waals surface area contributed by atoms with Gasteiger partial charge < -0.3 is 9.73 Å². The summed E-state index contributed by atoms with van der Waals surface area (Å²) in [6.45, 7) is 2.74. The fourth-order valence-electron chi connectivity index (χ4n) is 1.37. The van der Waals surface area contributed by atoms with Crippen LogP contribution in [0.25, 0.3) is 0 Å². The number of nitrogens with one attached hydrogen (secondary N) is 1. The molecule has 0 radical (unpaired) electrons. The molecule has 3 nitrogen and oxygen atoms in total. The van der Waals surface area contributed by atoms with Gasteiger partial charge in [-0.15, -0.1) is 0 Å². The average Bonchev–Trinajstić information content (AvgIpc) is 2.76. The first-order valence-corrected chi connectivity index (χ1v) is 6.00. The number of pyridine rings is 1. The van der Waals surface area contributed by atoms with Crippen molar-refractivity contribution < 1.29 is 4.42 Å². The summed E-state index contributed by atoms with van der Waals surface area (Å²) in [5, 5.41) is 3.20. The molecule has 0 amide bonds. The van der Waals surface area contributed by atoms with Crippen molar-refractivity contribution in [3.63, 3.8) is 0 Å². The summed E-state index contributed by atoms with van der Waals surface area (Å²) in [5.74, 6) is 2.79. The Kier molecular flexibility index (Phi) is 3.62. The van der Waals surface area contributed by atoms with Gasteiger partial charge in [0.15, 0.2) is 0 Å². The molecule has 0 aliphatic heterocycles. The zero-order valence-electron chi connectivity index (χ0n) is 9.03. The van der Waals surface area contributed by atoms with Crippen LogP contribution in [0.2, 0.25) is 0 Å². The molecule has 0 atom stereocenters. The van der Waals surface area contributed by atoms with Crippen LogP contribution >= 0.6 is 15.9 Å². The smallest absolute Gasteiger partial charge is 0.126 e. The number of hydrogen-bond donors (Lipinski definition) is 1. The van der Waals surface area contributed by atoms with Crippen molar-refractivity contribution in [3.05, 3.63) is 46.5 Å². The van der Waals surface area contributed by atoms with Gasteiger partial charge in [0, 0.05) is 17.1 Å². The first kappa shape index (κ1) is 11.2. The molecule has 0 unspecified atom stereocenters. The van der Waals surface area contributed by atoms with Gasteiger partial charge in [-0.25, -0.2) is 4.98 Å². The fourth-order valence-corrected chi connectivity index (χ4v) is 1.60. The number of furan rings is 1. The van der Waals surface area contributed by atoms with E-state index < -0.39 is 0 Å². The minimum atomic E-state index is 0.661. The highest BCUT2D eigenvalue weighted by atomic mass is 79.9. The molecule has 4 heteroatoms. The molecule has 0 aromatic carbocycles. The normalized spacial score (nSPS) is 10.4. The van der Waals surface area contributed by atoms with E-state index in [-0.39, 0.29) is 0 Å². The second kappa shape index (κ2) is 5.16. The number of halogens is 1. The number of rotatable bonds is 4. The molecule has 0 bridgehead atoms. The van der Waals surface area contributed by atoms with Crippen LogP contribution in [0.1, 0.15) is 18.4 Å². The molecule has 2 rings (SSSR count). The Morgan fingerprint density at radius 3 is 2.69 bits per heavy atom. The van der Waals surface area contributed by atoms with Crippen LogP contribution in [0.5, 0.6) is 0 Å². The van der Waals surface area contributed by atoms with Gasteiger partial charge in [-0.1, -0.05) is 6.92 Å². The van der Waals surface area contributed by atoms with Crippen molar-refractivity contribution in [1.82, 2.24) is 4.98 Å². The number of aromatic nitrogens is 1. The molecule has 0 aliphatic carbocycles. The lowest BCUT2D eigenvalue weighted by Crippen LogP contribution is -1.99. The summed E-state index contributed by atoms with van der Waals surface area (Å²) in [7, 11) is 0. The summed E-state index contributed by atoms with van der Waals surface area (Å²) in [6, 6.07) is 7.87. The lowest BCUT2D eigenvalue weighted by molar-refractivity contribution is 0.476. The Hall–Kier alpha value is -1.29. The summed E-state index contributed by atoms with van der Waals surface area (Å²) >= 11 is 3.35. The van der Waals surface area contributed by atoms with Crippen LogP contribution in [-0.4, -0.2) is 4.98 Å². The topological polar surface area (TPSA) is 38.1 Å². The van der Waals surface area contributed by atoms with Gasteiger partial charge in [0.05, 0.1) is 6.54 Å². The molecular formula is C12H13BrN2O. The molecule has 0 saturated carbocycles. The van der Waals surface area contributed by atoms with E-state index in [1.807, 2.05) is 24.3 Å². The highest BCUT2D eigenvalue weighted by molar-refractivity contribution is 9.10. The van der Waals surface area contributed by atoms with E-state index >= 15 is 0 Å². The third-order valence-corrected chi connectivity index (χ3v) is 2.71. The van der Waals surface area contributed by atoms with Crippen molar-refractivity contribution in [3.8, 4) is 0 Å². The molecule has 0 aliphatic rings. The van der Waals surface area contributed by atoms with Crippen LogP contribution in [0.15, 0.2) is 39.4 Å². The van der Waals surface area contributed by atoms with E-state index in [1.165, 1.54) is 0 Å². The summed E-state index contributed by atoms with van der Waals surface area (Å²) in [6.07, 6.45) is 2.69. The van der Waals surface area contributed by atoms with Gasteiger partial charge in [0.25, 0.3) is 0 Å². The maximum atomic E-state index is 5.58. The highest BCUT2D eigenvalue weighted by Gasteiger charge is 2.00. The van der Waals surface area contributed by atoms with Crippen LogP contribution in [0, 0.1) is 0 Å². The number of nitrogens with zero attached hydrogens (tertiary/aromatic N) is 1. The van der Waals surface area contributed by atoms with E-state index in [0.717, 1.165) is 28.2 Å². The molecule has 84 valence electrons. The molecular weight excluding hydrogens is 268 g/mol. The maximum Gasteiger partial charge on any atom is 0.126 e. The van der Waals surface area contributed by atoms with E-state index in [1.54, 1.807) is 6.20 Å². The Morgan fingerprint density at radius 2 is 2.06 bits per heavy atom. The lowest BCUT2D eigenvalue weighted by atomic mass is 10.3. The molecule has 2 heterocycles. The van der Waals surface area contributed by atoms with Crippen molar-refractivity contribution in [1.29, 1.82) is 0 Å². The molecule has 0 saturated heterocycles. The Labute approximate surface area is 103 Å².